The highest BCUT2D eigenvalue weighted by atomic mass is 35.5. The topological polar surface area (TPSA) is 58.6 Å². The van der Waals surface area contributed by atoms with Crippen molar-refractivity contribution in [3.8, 4) is 5.75 Å². The number of hydrogen-bond acceptors (Lipinski definition) is 3. The van der Waals surface area contributed by atoms with Gasteiger partial charge >= 0.3 is 0 Å². The molecule has 0 aliphatic carbocycles. The third kappa shape index (κ3) is 7.59. The smallest absolute Gasteiger partial charge is 0.261 e. The molecule has 0 radical (unpaired) electrons. The molecule has 2 amide bonds. The lowest BCUT2D eigenvalue weighted by Crippen LogP contribution is -2.53. The summed E-state index contributed by atoms with van der Waals surface area (Å²) in [6.07, 6.45) is 0. The Morgan fingerprint density at radius 1 is 1.00 bits per heavy atom. The SMILES string of the molecule is CC(C(=O)NC(C)(C)C)N(Cc1ccc(Cl)cc1)C(=O)COc1ccc(Cl)cc1. The van der Waals surface area contributed by atoms with E-state index < -0.39 is 11.6 Å². The Morgan fingerprint density at radius 3 is 2.03 bits per heavy atom. The van der Waals surface area contributed by atoms with Gasteiger partial charge in [0.1, 0.15) is 11.8 Å². The molecule has 5 nitrogen and oxygen atoms in total. The number of carbonyl (C=O) groups excluding carboxylic acids is 2. The molecular weight excluding hydrogens is 411 g/mol. The second-order valence-electron chi connectivity index (χ2n) is 7.81. The van der Waals surface area contributed by atoms with Crippen molar-refractivity contribution in [3.05, 3.63) is 64.1 Å². The zero-order chi connectivity index (χ0) is 21.6. The fourth-order valence-electron chi connectivity index (χ4n) is 2.60. The highest BCUT2D eigenvalue weighted by Crippen LogP contribution is 2.17. The molecule has 1 unspecified atom stereocenters. The average molecular weight is 437 g/mol. The fraction of sp³-hybridized carbons (Fsp3) is 0.364. The first-order chi connectivity index (χ1) is 13.5. The molecule has 156 valence electrons. The molecule has 0 spiro atoms. The van der Waals surface area contributed by atoms with Gasteiger partial charge in [-0.05, 0) is 69.7 Å². The van der Waals surface area contributed by atoms with Crippen LogP contribution in [0.1, 0.15) is 33.3 Å². The Morgan fingerprint density at radius 2 is 1.52 bits per heavy atom. The first kappa shape index (κ1) is 23.0. The van der Waals surface area contributed by atoms with Crippen molar-refractivity contribution in [2.45, 2.75) is 45.8 Å². The van der Waals surface area contributed by atoms with Crippen LogP contribution >= 0.6 is 23.2 Å². The molecule has 2 aromatic rings. The van der Waals surface area contributed by atoms with Gasteiger partial charge in [0, 0.05) is 22.1 Å². The number of benzene rings is 2. The predicted molar refractivity (Wildman–Crippen MR) is 116 cm³/mol. The lowest BCUT2D eigenvalue weighted by molar-refractivity contribution is -0.142. The Bertz CT molecular complexity index is 831. The molecule has 0 heterocycles. The third-order valence-electron chi connectivity index (χ3n) is 4.11. The number of rotatable bonds is 7. The van der Waals surface area contributed by atoms with E-state index in [4.69, 9.17) is 27.9 Å². The number of hydrogen-bond donors (Lipinski definition) is 1. The van der Waals surface area contributed by atoms with Crippen LogP contribution in [0.2, 0.25) is 10.0 Å². The molecule has 0 saturated carbocycles. The summed E-state index contributed by atoms with van der Waals surface area (Å²) in [5, 5.41) is 4.11. The summed E-state index contributed by atoms with van der Waals surface area (Å²) in [7, 11) is 0. The molecular formula is C22H26Cl2N2O3. The highest BCUT2D eigenvalue weighted by molar-refractivity contribution is 6.30. The minimum Gasteiger partial charge on any atom is -0.484 e. The summed E-state index contributed by atoms with van der Waals surface area (Å²) < 4.78 is 5.59. The molecule has 0 bridgehead atoms. The maximum Gasteiger partial charge on any atom is 0.261 e. The van der Waals surface area contributed by atoms with Gasteiger partial charge in [-0.25, -0.2) is 0 Å². The highest BCUT2D eigenvalue weighted by Gasteiger charge is 2.28. The minimum atomic E-state index is -0.675. The van der Waals surface area contributed by atoms with Crippen molar-refractivity contribution >= 4 is 35.0 Å². The monoisotopic (exact) mass is 436 g/mol. The van der Waals surface area contributed by atoms with Crippen LogP contribution in [0.3, 0.4) is 0 Å². The van der Waals surface area contributed by atoms with Crippen molar-refractivity contribution in [3.63, 3.8) is 0 Å². The maximum atomic E-state index is 12.9. The van der Waals surface area contributed by atoms with Crippen LogP contribution in [0.4, 0.5) is 0 Å². The number of amides is 2. The number of nitrogens with one attached hydrogen (secondary N) is 1. The number of halogens is 2. The summed E-state index contributed by atoms with van der Waals surface area (Å²) in [6, 6.07) is 13.2. The van der Waals surface area contributed by atoms with Gasteiger partial charge in [0.15, 0.2) is 6.61 Å². The van der Waals surface area contributed by atoms with E-state index in [1.807, 2.05) is 32.9 Å². The molecule has 1 atom stereocenters. The normalized spacial score (nSPS) is 12.2. The lowest BCUT2D eigenvalue weighted by Gasteiger charge is -2.31. The Hall–Kier alpha value is -2.24. The first-order valence-electron chi connectivity index (χ1n) is 9.29. The van der Waals surface area contributed by atoms with Crippen LogP contribution in [0.5, 0.6) is 5.75 Å². The van der Waals surface area contributed by atoms with Gasteiger partial charge in [0.2, 0.25) is 5.91 Å². The second kappa shape index (κ2) is 9.99. The van der Waals surface area contributed by atoms with Gasteiger partial charge in [0.05, 0.1) is 0 Å². The van der Waals surface area contributed by atoms with Crippen LogP contribution in [0.15, 0.2) is 48.5 Å². The number of ether oxygens (including phenoxy) is 1. The van der Waals surface area contributed by atoms with Crippen molar-refractivity contribution < 1.29 is 14.3 Å². The Kier molecular flexibility index (Phi) is 7.94. The van der Waals surface area contributed by atoms with E-state index in [1.165, 1.54) is 4.90 Å². The van der Waals surface area contributed by atoms with E-state index in [0.29, 0.717) is 15.8 Å². The Labute approximate surface area is 181 Å². The van der Waals surface area contributed by atoms with Crippen LogP contribution in [-0.2, 0) is 16.1 Å². The zero-order valence-electron chi connectivity index (χ0n) is 17.0. The fourth-order valence-corrected chi connectivity index (χ4v) is 2.85. The van der Waals surface area contributed by atoms with Crippen LogP contribution in [-0.4, -0.2) is 34.9 Å². The number of carbonyl (C=O) groups is 2. The largest absolute Gasteiger partial charge is 0.484 e. The average Bonchev–Trinajstić information content (AvgIpc) is 2.65. The van der Waals surface area contributed by atoms with E-state index in [9.17, 15) is 9.59 Å². The molecule has 0 fully saturated rings. The second-order valence-corrected chi connectivity index (χ2v) is 8.68. The first-order valence-corrected chi connectivity index (χ1v) is 10.0. The van der Waals surface area contributed by atoms with Crippen LogP contribution < -0.4 is 10.1 Å². The van der Waals surface area contributed by atoms with E-state index in [1.54, 1.807) is 43.3 Å². The lowest BCUT2D eigenvalue weighted by atomic mass is 10.1. The maximum absolute atomic E-state index is 12.9. The molecule has 0 aliphatic heterocycles. The number of nitrogens with zero attached hydrogens (tertiary/aromatic N) is 1. The predicted octanol–water partition coefficient (Wildman–Crippen LogP) is 4.70. The molecule has 2 rings (SSSR count). The summed E-state index contributed by atoms with van der Waals surface area (Å²) in [6.45, 7) is 7.46. The standard InChI is InChI=1S/C22H26Cl2N2O3/c1-15(21(28)25-22(2,3)4)26(13-16-5-7-17(23)8-6-16)20(27)14-29-19-11-9-18(24)10-12-19/h5-12,15H,13-14H2,1-4H3,(H,25,28). The molecule has 29 heavy (non-hydrogen) atoms. The van der Waals surface area contributed by atoms with Crippen molar-refractivity contribution in [2.75, 3.05) is 6.61 Å². The quantitative estimate of drug-likeness (QED) is 0.683. The van der Waals surface area contributed by atoms with Gasteiger partial charge in [-0.2, -0.15) is 0 Å². The summed E-state index contributed by atoms with van der Waals surface area (Å²) in [5.74, 6) is -0.00115. The molecule has 7 heteroatoms. The molecule has 2 aromatic carbocycles. The van der Waals surface area contributed by atoms with Gasteiger partial charge < -0.3 is 15.0 Å². The van der Waals surface area contributed by atoms with E-state index in [-0.39, 0.29) is 25.0 Å². The van der Waals surface area contributed by atoms with Crippen molar-refractivity contribution in [2.24, 2.45) is 0 Å². The summed E-state index contributed by atoms with van der Waals surface area (Å²) in [5.41, 5.74) is 0.463. The van der Waals surface area contributed by atoms with Gasteiger partial charge in [-0.15, -0.1) is 0 Å². The molecule has 0 aliphatic rings. The van der Waals surface area contributed by atoms with E-state index in [2.05, 4.69) is 5.32 Å². The summed E-state index contributed by atoms with van der Waals surface area (Å²) >= 11 is 11.8. The molecule has 0 aromatic heterocycles. The van der Waals surface area contributed by atoms with Gasteiger partial charge in [-0.3, -0.25) is 9.59 Å². The zero-order valence-corrected chi connectivity index (χ0v) is 18.6. The van der Waals surface area contributed by atoms with Crippen molar-refractivity contribution in [1.29, 1.82) is 0 Å². The van der Waals surface area contributed by atoms with Crippen LogP contribution in [0.25, 0.3) is 0 Å². The van der Waals surface area contributed by atoms with Gasteiger partial charge in [-0.1, -0.05) is 35.3 Å². The molecule has 1 N–H and O–H groups in total. The van der Waals surface area contributed by atoms with E-state index in [0.717, 1.165) is 5.56 Å². The summed E-state index contributed by atoms with van der Waals surface area (Å²) in [4.78, 5) is 27.1. The Balaban J connectivity index is 2.15. The van der Waals surface area contributed by atoms with Crippen molar-refractivity contribution in [1.82, 2.24) is 10.2 Å². The van der Waals surface area contributed by atoms with Crippen LogP contribution in [0, 0.1) is 0 Å². The van der Waals surface area contributed by atoms with E-state index >= 15 is 0 Å². The molecule has 0 saturated heterocycles. The minimum absolute atomic E-state index is 0.192. The van der Waals surface area contributed by atoms with Gasteiger partial charge in [0.25, 0.3) is 5.91 Å². The third-order valence-corrected chi connectivity index (χ3v) is 4.61.